The number of rotatable bonds is 3. The van der Waals surface area contributed by atoms with Crippen molar-refractivity contribution in [2.45, 2.75) is 6.92 Å². The van der Waals surface area contributed by atoms with Crippen LogP contribution in [0.15, 0.2) is 35.3 Å². The minimum absolute atomic E-state index is 0.0531. The van der Waals surface area contributed by atoms with Crippen LogP contribution in [-0.4, -0.2) is 15.9 Å². The number of hydrogen-bond donors (Lipinski definition) is 3. The number of H-pyrrole nitrogens is 1. The molecule has 0 atom stereocenters. The lowest BCUT2D eigenvalue weighted by Gasteiger charge is -2.10. The van der Waals surface area contributed by atoms with E-state index in [2.05, 4.69) is 10.3 Å². The van der Waals surface area contributed by atoms with Gasteiger partial charge in [0.1, 0.15) is 16.4 Å². The molecule has 1 aromatic carbocycles. The standard InChI is InChI=1S/C14H12FN3O2S/c1-7-4-12(19)10(6-17-7)14(20)18-11-3-2-8(15)5-9(11)13(16)21/h2-6H,1H3,(H2,16,21)(H,17,19)(H,18,20). The molecule has 5 nitrogen and oxygen atoms in total. The minimum Gasteiger partial charge on any atom is -0.389 e. The summed E-state index contributed by atoms with van der Waals surface area (Å²) in [6.07, 6.45) is 1.32. The van der Waals surface area contributed by atoms with Crippen LogP contribution < -0.4 is 16.5 Å². The maximum atomic E-state index is 13.2. The van der Waals surface area contributed by atoms with Crippen molar-refractivity contribution in [2.75, 3.05) is 5.32 Å². The van der Waals surface area contributed by atoms with Crippen LogP contribution in [0.25, 0.3) is 0 Å². The van der Waals surface area contributed by atoms with E-state index in [1.165, 1.54) is 18.3 Å². The molecule has 0 bridgehead atoms. The Hall–Kier alpha value is -2.54. The summed E-state index contributed by atoms with van der Waals surface area (Å²) in [6.45, 7) is 1.70. The highest BCUT2D eigenvalue weighted by Gasteiger charge is 2.14. The van der Waals surface area contributed by atoms with Crippen LogP contribution in [0.5, 0.6) is 0 Å². The van der Waals surface area contributed by atoms with Crippen LogP contribution in [0.2, 0.25) is 0 Å². The van der Waals surface area contributed by atoms with Crippen LogP contribution in [0.3, 0.4) is 0 Å². The number of thiocarbonyl (C=S) groups is 1. The summed E-state index contributed by atoms with van der Waals surface area (Å²) in [4.78, 5) is 26.6. The van der Waals surface area contributed by atoms with Crippen molar-refractivity contribution in [3.05, 3.63) is 63.3 Å². The van der Waals surface area contributed by atoms with Gasteiger partial charge in [0, 0.05) is 23.5 Å². The Kier molecular flexibility index (Phi) is 4.13. The minimum atomic E-state index is -0.625. The molecular weight excluding hydrogens is 293 g/mol. The van der Waals surface area contributed by atoms with Crippen LogP contribution in [0.1, 0.15) is 21.6 Å². The van der Waals surface area contributed by atoms with Gasteiger partial charge >= 0.3 is 0 Å². The van der Waals surface area contributed by atoms with Crippen molar-refractivity contribution in [3.8, 4) is 0 Å². The number of aromatic amines is 1. The van der Waals surface area contributed by atoms with Crippen LogP contribution in [0, 0.1) is 12.7 Å². The summed E-state index contributed by atoms with van der Waals surface area (Å²) >= 11 is 4.81. The Morgan fingerprint density at radius 3 is 2.67 bits per heavy atom. The third-order valence-electron chi connectivity index (χ3n) is 2.80. The number of carbonyl (C=O) groups is 1. The van der Waals surface area contributed by atoms with E-state index in [-0.39, 0.29) is 21.8 Å². The number of aromatic nitrogens is 1. The Bertz CT molecular complexity index is 786. The molecule has 0 saturated heterocycles. The average Bonchev–Trinajstić information content (AvgIpc) is 2.40. The van der Waals surface area contributed by atoms with Gasteiger partial charge in [-0.15, -0.1) is 0 Å². The summed E-state index contributed by atoms with van der Waals surface area (Å²) in [7, 11) is 0. The second-order valence-corrected chi connectivity index (χ2v) is 4.84. The molecule has 0 aliphatic carbocycles. The molecular formula is C14H12FN3O2S. The van der Waals surface area contributed by atoms with Gasteiger partial charge in [0.05, 0.1) is 5.69 Å². The topological polar surface area (TPSA) is 88.0 Å². The number of anilines is 1. The molecule has 1 amide bonds. The number of nitrogens with two attached hydrogens (primary N) is 1. The van der Waals surface area contributed by atoms with Crippen molar-refractivity contribution < 1.29 is 9.18 Å². The molecule has 108 valence electrons. The summed E-state index contributed by atoms with van der Waals surface area (Å²) in [6, 6.07) is 4.94. The molecule has 0 radical (unpaired) electrons. The van der Waals surface area contributed by atoms with E-state index in [0.29, 0.717) is 5.69 Å². The first kappa shape index (κ1) is 14.9. The Morgan fingerprint density at radius 2 is 2.05 bits per heavy atom. The molecule has 1 heterocycles. The molecule has 0 fully saturated rings. The molecule has 7 heteroatoms. The number of nitrogens with one attached hydrogen (secondary N) is 2. The van der Waals surface area contributed by atoms with Gasteiger partial charge in [0.15, 0.2) is 5.43 Å². The summed E-state index contributed by atoms with van der Waals surface area (Å²) in [5.41, 5.74) is 6.10. The number of halogens is 1. The number of amides is 1. The smallest absolute Gasteiger partial charge is 0.261 e. The monoisotopic (exact) mass is 305 g/mol. The summed E-state index contributed by atoms with van der Waals surface area (Å²) < 4.78 is 13.2. The van der Waals surface area contributed by atoms with Crippen molar-refractivity contribution in [1.29, 1.82) is 0 Å². The molecule has 0 aliphatic rings. The quantitative estimate of drug-likeness (QED) is 0.753. The Labute approximate surface area is 125 Å². The number of benzene rings is 1. The van der Waals surface area contributed by atoms with Crippen molar-refractivity contribution >= 4 is 28.8 Å². The third kappa shape index (κ3) is 3.32. The molecule has 0 aliphatic heterocycles. The zero-order valence-corrected chi connectivity index (χ0v) is 11.9. The van der Waals surface area contributed by atoms with E-state index in [9.17, 15) is 14.0 Å². The van der Waals surface area contributed by atoms with Gasteiger partial charge in [-0.3, -0.25) is 9.59 Å². The van der Waals surface area contributed by atoms with Gasteiger partial charge in [0.25, 0.3) is 5.91 Å². The maximum absolute atomic E-state index is 13.2. The van der Waals surface area contributed by atoms with E-state index in [4.69, 9.17) is 18.0 Å². The zero-order chi connectivity index (χ0) is 15.6. The van der Waals surface area contributed by atoms with E-state index in [1.807, 2.05) is 0 Å². The first-order valence-electron chi connectivity index (χ1n) is 5.98. The third-order valence-corrected chi connectivity index (χ3v) is 3.02. The predicted octanol–water partition coefficient (Wildman–Crippen LogP) is 1.71. The normalized spacial score (nSPS) is 10.2. The van der Waals surface area contributed by atoms with Gasteiger partial charge in [-0.2, -0.15) is 0 Å². The highest BCUT2D eigenvalue weighted by atomic mass is 32.1. The van der Waals surface area contributed by atoms with E-state index in [0.717, 1.165) is 12.1 Å². The van der Waals surface area contributed by atoms with Gasteiger partial charge in [-0.1, -0.05) is 12.2 Å². The number of hydrogen-bond acceptors (Lipinski definition) is 3. The summed E-state index contributed by atoms with van der Waals surface area (Å²) in [5.74, 6) is -1.15. The lowest BCUT2D eigenvalue weighted by Crippen LogP contribution is -2.23. The molecule has 21 heavy (non-hydrogen) atoms. The van der Waals surface area contributed by atoms with Crippen LogP contribution in [-0.2, 0) is 0 Å². The average molecular weight is 305 g/mol. The Balaban J connectivity index is 2.36. The largest absolute Gasteiger partial charge is 0.389 e. The number of pyridine rings is 1. The lowest BCUT2D eigenvalue weighted by atomic mass is 10.1. The fourth-order valence-electron chi connectivity index (χ4n) is 1.77. The molecule has 2 rings (SSSR count). The molecule has 0 unspecified atom stereocenters. The highest BCUT2D eigenvalue weighted by molar-refractivity contribution is 7.80. The zero-order valence-electron chi connectivity index (χ0n) is 11.1. The lowest BCUT2D eigenvalue weighted by molar-refractivity contribution is 0.102. The highest BCUT2D eigenvalue weighted by Crippen LogP contribution is 2.17. The number of carbonyl (C=O) groups excluding carboxylic acids is 1. The van der Waals surface area contributed by atoms with Crippen LogP contribution in [0.4, 0.5) is 10.1 Å². The molecule has 0 saturated carbocycles. The van der Waals surface area contributed by atoms with Crippen molar-refractivity contribution in [2.24, 2.45) is 5.73 Å². The van der Waals surface area contributed by atoms with E-state index < -0.39 is 17.2 Å². The number of aryl methyl sites for hydroxylation is 1. The Morgan fingerprint density at radius 1 is 1.33 bits per heavy atom. The summed E-state index contributed by atoms with van der Waals surface area (Å²) in [5, 5.41) is 2.50. The first-order valence-corrected chi connectivity index (χ1v) is 6.39. The second kappa shape index (κ2) is 5.84. The molecule has 2 aromatic rings. The van der Waals surface area contributed by atoms with E-state index >= 15 is 0 Å². The van der Waals surface area contributed by atoms with Gasteiger partial charge < -0.3 is 16.0 Å². The van der Waals surface area contributed by atoms with E-state index in [1.54, 1.807) is 6.92 Å². The molecule has 1 aromatic heterocycles. The predicted molar refractivity (Wildman–Crippen MR) is 82.0 cm³/mol. The maximum Gasteiger partial charge on any atom is 0.261 e. The van der Waals surface area contributed by atoms with Gasteiger partial charge in [-0.25, -0.2) is 4.39 Å². The second-order valence-electron chi connectivity index (χ2n) is 4.40. The van der Waals surface area contributed by atoms with Crippen molar-refractivity contribution in [1.82, 2.24) is 4.98 Å². The van der Waals surface area contributed by atoms with Gasteiger partial charge in [-0.05, 0) is 25.1 Å². The SMILES string of the molecule is Cc1cc(=O)c(C(=O)Nc2ccc(F)cc2C(N)=S)c[nH]1. The molecule has 4 N–H and O–H groups in total. The van der Waals surface area contributed by atoms with Crippen LogP contribution >= 0.6 is 12.2 Å². The van der Waals surface area contributed by atoms with Crippen molar-refractivity contribution in [3.63, 3.8) is 0 Å². The van der Waals surface area contributed by atoms with Gasteiger partial charge in [0.2, 0.25) is 0 Å². The molecule has 0 spiro atoms. The fourth-order valence-corrected chi connectivity index (χ4v) is 1.94. The first-order chi connectivity index (χ1) is 9.88. The fraction of sp³-hybridized carbons (Fsp3) is 0.0714.